The fourth-order valence-electron chi connectivity index (χ4n) is 5.34. The molecule has 9 nitrogen and oxygen atoms in total. The third-order valence-electron chi connectivity index (χ3n) is 8.05. The first-order valence-corrected chi connectivity index (χ1v) is 15.1. The molecule has 0 spiro atoms. The first-order valence-electron chi connectivity index (χ1n) is 15.1. The molecule has 0 atom stereocenters. The predicted octanol–water partition coefficient (Wildman–Crippen LogP) is 6.20. The van der Waals surface area contributed by atoms with Crippen LogP contribution in [-0.2, 0) is 24.4 Å². The molecule has 0 radical (unpaired) electrons. The number of nitrogens with zero attached hydrogens (tertiary/aromatic N) is 4. The summed E-state index contributed by atoms with van der Waals surface area (Å²) in [6.45, 7) is 17.9. The molecule has 0 aliphatic rings. The van der Waals surface area contributed by atoms with Gasteiger partial charge < -0.3 is 14.9 Å². The zero-order chi connectivity index (χ0) is 29.8. The standard InChI is InChI=1S/C31H54N4O5/c1-7-32-24-26(36)34(28(32)38)20-12-9-16-30(3,4)17-10-13-22-40-23-14-11-18-31(5,6)19-15-21-35-27(37)25-33(8-2)29(35)39/h8,24-25,36-37H,2,7,9-23H2,1,3-6H3. The van der Waals surface area contributed by atoms with E-state index < -0.39 is 0 Å². The summed E-state index contributed by atoms with van der Waals surface area (Å²) in [5, 5.41) is 19.9. The highest BCUT2D eigenvalue weighted by atomic mass is 16.5. The molecule has 0 fully saturated rings. The van der Waals surface area contributed by atoms with Crippen molar-refractivity contribution >= 4 is 6.20 Å². The first-order chi connectivity index (χ1) is 18.9. The number of imidazole rings is 2. The molecule has 0 aliphatic heterocycles. The number of aromatic nitrogens is 4. The van der Waals surface area contributed by atoms with E-state index in [9.17, 15) is 19.8 Å². The lowest BCUT2D eigenvalue weighted by atomic mass is 9.82. The van der Waals surface area contributed by atoms with Gasteiger partial charge in [-0.1, -0.05) is 53.5 Å². The molecule has 2 aromatic heterocycles. The topological polar surface area (TPSA) is 104 Å². The van der Waals surface area contributed by atoms with Crippen LogP contribution in [0.3, 0.4) is 0 Å². The third kappa shape index (κ3) is 10.7. The summed E-state index contributed by atoms with van der Waals surface area (Å²) in [4.78, 5) is 24.3. The van der Waals surface area contributed by atoms with Gasteiger partial charge in [-0.15, -0.1) is 0 Å². The molecule has 0 aliphatic carbocycles. The fraction of sp³-hybridized carbons (Fsp3) is 0.742. The van der Waals surface area contributed by atoms with E-state index in [4.69, 9.17) is 4.74 Å². The molecule has 9 heteroatoms. The van der Waals surface area contributed by atoms with Crippen molar-refractivity contribution in [3.8, 4) is 11.8 Å². The van der Waals surface area contributed by atoms with Gasteiger partial charge in [-0.3, -0.25) is 18.3 Å². The Kier molecular flexibility index (Phi) is 13.4. The van der Waals surface area contributed by atoms with E-state index in [1.807, 2.05) is 6.92 Å². The molecule has 2 rings (SSSR count). The maximum absolute atomic E-state index is 12.2. The van der Waals surface area contributed by atoms with Crippen molar-refractivity contribution in [1.82, 2.24) is 18.3 Å². The molecule has 0 saturated heterocycles. The first kappa shape index (κ1) is 33.5. The maximum Gasteiger partial charge on any atom is 0.335 e. The van der Waals surface area contributed by atoms with Gasteiger partial charge in [0, 0.05) is 39.0 Å². The van der Waals surface area contributed by atoms with Crippen molar-refractivity contribution in [2.75, 3.05) is 13.2 Å². The molecular weight excluding hydrogens is 508 g/mol. The molecule has 2 heterocycles. The van der Waals surface area contributed by atoms with Gasteiger partial charge in [0.05, 0.1) is 12.4 Å². The minimum atomic E-state index is -0.249. The highest BCUT2D eigenvalue weighted by Gasteiger charge is 2.19. The molecule has 2 aromatic rings. The van der Waals surface area contributed by atoms with E-state index >= 15 is 0 Å². The second kappa shape index (κ2) is 15.9. The lowest BCUT2D eigenvalue weighted by molar-refractivity contribution is 0.119. The number of ether oxygens (including phenoxy) is 1. The molecule has 0 bridgehead atoms. The number of rotatable bonds is 21. The number of aryl methyl sites for hydroxylation is 1. The Bertz CT molecular complexity index is 1150. The quantitative estimate of drug-likeness (QED) is 0.176. The Morgan fingerprint density at radius 1 is 0.750 bits per heavy atom. The monoisotopic (exact) mass is 562 g/mol. The van der Waals surface area contributed by atoms with Crippen molar-refractivity contribution < 1.29 is 14.9 Å². The van der Waals surface area contributed by atoms with E-state index in [0.717, 1.165) is 83.8 Å². The van der Waals surface area contributed by atoms with Crippen molar-refractivity contribution in [1.29, 1.82) is 0 Å². The lowest BCUT2D eigenvalue weighted by Crippen LogP contribution is -2.23. The van der Waals surface area contributed by atoms with Crippen LogP contribution in [0.15, 0.2) is 28.6 Å². The van der Waals surface area contributed by atoms with Gasteiger partial charge in [-0.25, -0.2) is 9.59 Å². The van der Waals surface area contributed by atoms with Crippen molar-refractivity contribution in [2.45, 2.75) is 125 Å². The zero-order valence-corrected chi connectivity index (χ0v) is 25.7. The van der Waals surface area contributed by atoms with E-state index in [1.165, 1.54) is 36.9 Å². The van der Waals surface area contributed by atoms with Gasteiger partial charge >= 0.3 is 11.4 Å². The second-order valence-corrected chi connectivity index (χ2v) is 12.6. The molecule has 2 N–H and O–H groups in total. The summed E-state index contributed by atoms with van der Waals surface area (Å²) in [6, 6.07) is 0. The summed E-state index contributed by atoms with van der Waals surface area (Å²) in [5.41, 5.74) is 0.0651. The van der Waals surface area contributed by atoms with Gasteiger partial charge in [0.1, 0.15) is 0 Å². The summed E-state index contributed by atoms with van der Waals surface area (Å²) >= 11 is 0. The molecule has 0 unspecified atom stereocenters. The Hall–Kier alpha value is -2.68. The Morgan fingerprint density at radius 2 is 1.23 bits per heavy atom. The number of hydrogen-bond acceptors (Lipinski definition) is 5. The van der Waals surface area contributed by atoms with E-state index in [2.05, 4.69) is 34.3 Å². The molecule has 0 aromatic carbocycles. The summed E-state index contributed by atoms with van der Waals surface area (Å²) < 4.78 is 11.6. The highest BCUT2D eigenvalue weighted by molar-refractivity contribution is 5.21. The summed E-state index contributed by atoms with van der Waals surface area (Å²) in [5.74, 6) is 0.0424. The largest absolute Gasteiger partial charge is 0.493 e. The SMILES string of the molecule is C=Cn1cc(O)n(CCCC(C)(C)CCCCOCCCCC(C)(C)CCCCn2c(O)cn(CC)c2=O)c1=O. The van der Waals surface area contributed by atoms with Gasteiger partial charge in [0.15, 0.2) is 0 Å². The van der Waals surface area contributed by atoms with Crippen molar-refractivity contribution in [2.24, 2.45) is 10.8 Å². The van der Waals surface area contributed by atoms with E-state index in [0.29, 0.717) is 19.6 Å². The summed E-state index contributed by atoms with van der Waals surface area (Å²) in [7, 11) is 0. The van der Waals surface area contributed by atoms with Crippen molar-refractivity contribution in [3.05, 3.63) is 39.9 Å². The smallest absolute Gasteiger partial charge is 0.335 e. The van der Waals surface area contributed by atoms with Crippen LogP contribution in [0.2, 0.25) is 0 Å². The third-order valence-corrected chi connectivity index (χ3v) is 8.05. The average molecular weight is 563 g/mol. The predicted molar refractivity (Wildman–Crippen MR) is 162 cm³/mol. The second-order valence-electron chi connectivity index (χ2n) is 12.6. The van der Waals surface area contributed by atoms with Gasteiger partial charge in [-0.05, 0) is 69.1 Å². The van der Waals surface area contributed by atoms with Gasteiger partial charge in [-0.2, -0.15) is 0 Å². The normalized spacial score (nSPS) is 12.3. The molecule has 0 amide bonds. The molecule has 228 valence electrons. The molecule has 40 heavy (non-hydrogen) atoms. The van der Waals surface area contributed by atoms with Crippen LogP contribution >= 0.6 is 0 Å². The van der Waals surface area contributed by atoms with Crippen LogP contribution in [0.5, 0.6) is 11.8 Å². The van der Waals surface area contributed by atoms with Crippen molar-refractivity contribution in [3.63, 3.8) is 0 Å². The van der Waals surface area contributed by atoms with Crippen LogP contribution in [0.25, 0.3) is 6.20 Å². The maximum atomic E-state index is 12.2. The number of aromatic hydroxyl groups is 2. The Labute approximate surface area is 240 Å². The Morgan fingerprint density at radius 3 is 1.73 bits per heavy atom. The van der Waals surface area contributed by atoms with E-state index in [-0.39, 0.29) is 34.0 Å². The average Bonchev–Trinajstić information content (AvgIpc) is 3.33. The fourth-order valence-corrected chi connectivity index (χ4v) is 5.34. The van der Waals surface area contributed by atoms with Crippen LogP contribution in [0, 0.1) is 10.8 Å². The van der Waals surface area contributed by atoms with Crippen LogP contribution in [0.4, 0.5) is 0 Å². The molecule has 0 saturated carbocycles. The van der Waals surface area contributed by atoms with Gasteiger partial charge in [0.25, 0.3) is 0 Å². The highest BCUT2D eigenvalue weighted by Crippen LogP contribution is 2.30. The summed E-state index contributed by atoms with van der Waals surface area (Å²) in [6.07, 6.45) is 15.8. The molecular formula is C31H54N4O5. The van der Waals surface area contributed by atoms with E-state index in [1.54, 1.807) is 0 Å². The van der Waals surface area contributed by atoms with Gasteiger partial charge in [0.2, 0.25) is 11.8 Å². The minimum Gasteiger partial charge on any atom is -0.493 e. The van der Waals surface area contributed by atoms with Crippen LogP contribution < -0.4 is 11.4 Å². The lowest BCUT2D eigenvalue weighted by Gasteiger charge is -2.25. The van der Waals surface area contributed by atoms with Crippen LogP contribution in [-0.4, -0.2) is 41.7 Å². The number of hydrogen-bond donors (Lipinski definition) is 2. The number of unbranched alkanes of at least 4 members (excludes halogenated alkanes) is 3. The zero-order valence-electron chi connectivity index (χ0n) is 25.7. The van der Waals surface area contributed by atoms with Crippen LogP contribution in [0.1, 0.15) is 105 Å². The Balaban J connectivity index is 1.49. The minimum absolute atomic E-state index is 0.0152.